The number of nitriles is 1. The molecule has 0 amide bonds. The van der Waals surface area contributed by atoms with Crippen molar-refractivity contribution in [2.75, 3.05) is 0 Å². The minimum Gasteiger partial charge on any atom is -0.434 e. The molecule has 0 radical (unpaired) electrons. The Hall–Kier alpha value is -2.69. The highest BCUT2D eigenvalue weighted by Gasteiger charge is 2.24. The van der Waals surface area contributed by atoms with Gasteiger partial charge in [-0.15, -0.1) is 0 Å². The van der Waals surface area contributed by atoms with Crippen LogP contribution in [0.3, 0.4) is 0 Å². The third-order valence-electron chi connectivity index (χ3n) is 3.86. The van der Waals surface area contributed by atoms with Gasteiger partial charge in [0.2, 0.25) is 0 Å². The Kier molecular flexibility index (Phi) is 5.80. The van der Waals surface area contributed by atoms with Gasteiger partial charge in [0.05, 0.1) is 12.6 Å². The van der Waals surface area contributed by atoms with Gasteiger partial charge >= 0.3 is 6.61 Å². The molecule has 0 spiro atoms. The zero-order valence-electron chi connectivity index (χ0n) is 14.8. The molecule has 1 heterocycles. The maximum absolute atomic E-state index is 13.6. The van der Waals surface area contributed by atoms with E-state index in [1.807, 2.05) is 26.8 Å². The minimum absolute atomic E-state index is 0.112. The Morgan fingerprint density at radius 3 is 2.62 bits per heavy atom. The van der Waals surface area contributed by atoms with Gasteiger partial charge in [0.25, 0.3) is 5.56 Å². The molecule has 0 saturated heterocycles. The number of hydrogen-bond acceptors (Lipinski definition) is 3. The quantitative estimate of drug-likeness (QED) is 0.846. The van der Waals surface area contributed by atoms with Crippen LogP contribution < -0.4 is 10.3 Å². The molecule has 1 N–H and O–H groups in total. The smallest absolute Gasteiger partial charge is 0.387 e. The lowest BCUT2D eigenvalue weighted by Gasteiger charge is -2.18. The van der Waals surface area contributed by atoms with Gasteiger partial charge in [-0.3, -0.25) is 9.89 Å². The third-order valence-corrected chi connectivity index (χ3v) is 3.86. The lowest BCUT2D eigenvalue weighted by molar-refractivity contribution is -0.0505. The van der Waals surface area contributed by atoms with E-state index in [4.69, 9.17) is 5.26 Å². The van der Waals surface area contributed by atoms with Gasteiger partial charge < -0.3 is 4.74 Å². The number of nitrogens with one attached hydrogen (secondary N) is 1. The summed E-state index contributed by atoms with van der Waals surface area (Å²) in [6, 6.07) is 5.17. The van der Waals surface area contributed by atoms with E-state index < -0.39 is 12.4 Å². The van der Waals surface area contributed by atoms with Crippen LogP contribution in [0.1, 0.15) is 44.0 Å². The standard InChI is InChI=1S/C18H20F3N3O2/c1-18(2,3)15-13(5-4-8-22)16(25)24(23-15)10-11-9-12(19)6-7-14(11)26-17(20)21/h6-7,9,17,23H,4-5,10H2,1-3H3. The minimum atomic E-state index is -3.06. The maximum Gasteiger partial charge on any atom is 0.387 e. The third kappa shape index (κ3) is 4.48. The first kappa shape index (κ1) is 19.6. The molecule has 0 unspecified atom stereocenters. The molecule has 0 aliphatic rings. The molecule has 0 aliphatic carbocycles. The number of hydrogen-bond donors (Lipinski definition) is 1. The number of H-pyrrole nitrogens is 1. The molecule has 0 bridgehead atoms. The van der Waals surface area contributed by atoms with Crippen LogP contribution >= 0.6 is 0 Å². The number of ether oxygens (including phenoxy) is 1. The van der Waals surface area contributed by atoms with Crippen molar-refractivity contribution < 1.29 is 17.9 Å². The van der Waals surface area contributed by atoms with E-state index in [9.17, 15) is 18.0 Å². The Morgan fingerprint density at radius 1 is 1.35 bits per heavy atom. The summed E-state index contributed by atoms with van der Waals surface area (Å²) in [5.74, 6) is -0.819. The topological polar surface area (TPSA) is 70.8 Å². The fourth-order valence-electron chi connectivity index (χ4n) is 2.72. The average Bonchev–Trinajstić information content (AvgIpc) is 2.84. The first-order chi connectivity index (χ1) is 12.1. The molecule has 2 aromatic rings. The Morgan fingerprint density at radius 2 is 2.04 bits per heavy atom. The molecule has 5 nitrogen and oxygen atoms in total. The molecule has 0 atom stereocenters. The molecule has 1 aromatic carbocycles. The molecular weight excluding hydrogens is 347 g/mol. The van der Waals surface area contributed by atoms with E-state index >= 15 is 0 Å². The van der Waals surface area contributed by atoms with Crippen molar-refractivity contribution in [1.82, 2.24) is 9.78 Å². The SMILES string of the molecule is CC(C)(C)c1[nH]n(Cc2cc(F)ccc2OC(F)F)c(=O)c1CCC#N. The summed E-state index contributed by atoms with van der Waals surface area (Å²) < 4.78 is 44.3. The summed E-state index contributed by atoms with van der Waals surface area (Å²) >= 11 is 0. The number of benzene rings is 1. The highest BCUT2D eigenvalue weighted by Crippen LogP contribution is 2.25. The molecule has 0 saturated carbocycles. The second-order valence-corrected chi connectivity index (χ2v) is 6.90. The first-order valence-electron chi connectivity index (χ1n) is 8.06. The van der Waals surface area contributed by atoms with Crippen LogP contribution in [0.25, 0.3) is 0 Å². The number of alkyl halides is 2. The summed E-state index contributed by atoms with van der Waals surface area (Å²) in [6.45, 7) is 2.51. The van der Waals surface area contributed by atoms with E-state index in [0.717, 1.165) is 18.2 Å². The zero-order chi connectivity index (χ0) is 19.5. The van der Waals surface area contributed by atoms with Crippen molar-refractivity contribution in [1.29, 1.82) is 5.26 Å². The lowest BCUT2D eigenvalue weighted by Crippen LogP contribution is -2.20. The molecule has 0 aliphatic heterocycles. The predicted molar refractivity (Wildman–Crippen MR) is 89.8 cm³/mol. The van der Waals surface area contributed by atoms with Crippen LogP contribution in [0.5, 0.6) is 5.75 Å². The van der Waals surface area contributed by atoms with Crippen molar-refractivity contribution in [3.05, 3.63) is 51.2 Å². The normalized spacial score (nSPS) is 11.6. The van der Waals surface area contributed by atoms with Crippen LogP contribution in [0.15, 0.2) is 23.0 Å². The number of aromatic amines is 1. The largest absolute Gasteiger partial charge is 0.434 e. The molecular formula is C18H20F3N3O2. The molecule has 2 rings (SSSR count). The fourth-order valence-corrected chi connectivity index (χ4v) is 2.72. The second kappa shape index (κ2) is 7.68. The van der Waals surface area contributed by atoms with E-state index in [-0.39, 0.29) is 41.7 Å². The van der Waals surface area contributed by atoms with Gasteiger partial charge in [-0.25, -0.2) is 9.07 Å². The van der Waals surface area contributed by atoms with Crippen LogP contribution in [0.2, 0.25) is 0 Å². The first-order valence-corrected chi connectivity index (χ1v) is 8.06. The number of rotatable bonds is 6. The summed E-state index contributed by atoms with van der Waals surface area (Å²) in [6.07, 6.45) is 0.449. The Balaban J connectivity index is 2.48. The van der Waals surface area contributed by atoms with E-state index in [1.165, 1.54) is 4.68 Å². The summed E-state index contributed by atoms with van der Waals surface area (Å²) in [5.41, 5.74) is 0.482. The van der Waals surface area contributed by atoms with Gasteiger partial charge in [0.15, 0.2) is 0 Å². The molecule has 0 fully saturated rings. The number of aromatic nitrogens is 2. The van der Waals surface area contributed by atoms with Gasteiger partial charge in [-0.1, -0.05) is 20.8 Å². The van der Waals surface area contributed by atoms with Crippen molar-refractivity contribution in [3.63, 3.8) is 0 Å². The van der Waals surface area contributed by atoms with Crippen LogP contribution in [-0.4, -0.2) is 16.4 Å². The second-order valence-electron chi connectivity index (χ2n) is 6.90. The summed E-state index contributed by atoms with van der Waals surface area (Å²) in [4.78, 5) is 12.7. The highest BCUT2D eigenvalue weighted by molar-refractivity contribution is 5.35. The van der Waals surface area contributed by atoms with E-state index in [1.54, 1.807) is 0 Å². The van der Waals surface area contributed by atoms with Crippen molar-refractivity contribution in [2.24, 2.45) is 0 Å². The van der Waals surface area contributed by atoms with Gasteiger partial charge in [0.1, 0.15) is 11.6 Å². The molecule has 1 aromatic heterocycles. The summed E-state index contributed by atoms with van der Waals surface area (Å²) in [5, 5.41) is 11.8. The summed E-state index contributed by atoms with van der Waals surface area (Å²) in [7, 11) is 0. The fraction of sp³-hybridized carbons (Fsp3) is 0.444. The Labute approximate surface area is 149 Å². The number of nitrogens with zero attached hydrogens (tertiary/aromatic N) is 2. The Bertz CT molecular complexity index is 873. The van der Waals surface area contributed by atoms with Crippen molar-refractivity contribution >= 4 is 0 Å². The maximum atomic E-state index is 13.6. The molecule has 140 valence electrons. The van der Waals surface area contributed by atoms with Crippen LogP contribution in [0.4, 0.5) is 13.2 Å². The number of halogens is 3. The van der Waals surface area contributed by atoms with Crippen molar-refractivity contribution in [3.8, 4) is 11.8 Å². The molecule has 26 heavy (non-hydrogen) atoms. The van der Waals surface area contributed by atoms with E-state index in [0.29, 0.717) is 11.3 Å². The van der Waals surface area contributed by atoms with Gasteiger partial charge in [-0.2, -0.15) is 14.0 Å². The highest BCUT2D eigenvalue weighted by atomic mass is 19.3. The average molecular weight is 367 g/mol. The van der Waals surface area contributed by atoms with Crippen molar-refractivity contribution in [2.45, 2.75) is 52.2 Å². The lowest BCUT2D eigenvalue weighted by atomic mass is 9.88. The predicted octanol–water partition coefficient (Wildman–Crippen LogP) is 3.72. The van der Waals surface area contributed by atoms with Crippen LogP contribution in [0, 0.1) is 17.1 Å². The zero-order valence-corrected chi connectivity index (χ0v) is 14.8. The monoisotopic (exact) mass is 367 g/mol. The van der Waals surface area contributed by atoms with Gasteiger partial charge in [0, 0.05) is 28.7 Å². The van der Waals surface area contributed by atoms with E-state index in [2.05, 4.69) is 9.84 Å². The molecule has 8 heteroatoms. The van der Waals surface area contributed by atoms with Gasteiger partial charge in [-0.05, 0) is 24.6 Å². The van der Waals surface area contributed by atoms with Crippen LogP contribution in [-0.2, 0) is 18.4 Å².